The molecule has 0 amide bonds. The predicted octanol–water partition coefficient (Wildman–Crippen LogP) is 23.6. The molecule has 0 bridgehead atoms. The van der Waals surface area contributed by atoms with Crippen LogP contribution < -0.4 is 0 Å². The summed E-state index contributed by atoms with van der Waals surface area (Å²) in [4.78, 5) is 0. The standard InChI is InChI=1S/C64H94BrF2IN4S2/c1-5-9-13-17-21-25-29-33-37-41-63(42-38-34-30-26-22-18-14-10-6-2)47-45-49(65)59-61(71-73-69-59)51(47)53-55(63)58(67)54-52-48(46-50(68)60-62(52)72-74-70-60)64(56(54)57(53)66,43-39-35-31-27-23-19-15-11-7-3)44-40-36-32-28-24-20-16-12-8-4/h45-46H,5-44H2,1-4H3. The number of halogens is 4. The number of hydrogen-bond acceptors (Lipinski definition) is 6. The maximum absolute atomic E-state index is 19.6. The molecule has 0 atom stereocenters. The number of hydrogen-bond donors (Lipinski definition) is 0. The van der Waals surface area contributed by atoms with Crippen LogP contribution in [0.3, 0.4) is 0 Å². The van der Waals surface area contributed by atoms with Gasteiger partial charge in [0, 0.05) is 52.3 Å². The minimum atomic E-state index is -0.699. The van der Waals surface area contributed by atoms with Crippen LogP contribution in [0, 0.1) is 15.2 Å². The Hall–Kier alpha value is -1.63. The van der Waals surface area contributed by atoms with Crippen molar-refractivity contribution in [2.24, 2.45) is 0 Å². The van der Waals surface area contributed by atoms with Gasteiger partial charge in [0.05, 0.1) is 23.5 Å². The quantitative estimate of drug-likeness (QED) is 0.0290. The van der Waals surface area contributed by atoms with Gasteiger partial charge in [0.15, 0.2) is 0 Å². The largest absolute Gasteiger partial charge is 0.206 e. The van der Waals surface area contributed by atoms with Gasteiger partial charge < -0.3 is 0 Å². The van der Waals surface area contributed by atoms with E-state index in [9.17, 15) is 0 Å². The second-order valence-electron chi connectivity index (χ2n) is 23.1. The fraction of sp³-hybridized carbons (Fsp3) is 0.719. The van der Waals surface area contributed by atoms with E-state index in [1.165, 1.54) is 203 Å². The Morgan fingerprint density at radius 3 is 0.986 bits per heavy atom. The summed E-state index contributed by atoms with van der Waals surface area (Å²) in [6.07, 6.45) is 47.2. The molecule has 2 aliphatic carbocycles. The first-order chi connectivity index (χ1) is 36.3. The molecule has 0 N–H and O–H groups in total. The predicted molar refractivity (Wildman–Crippen MR) is 329 cm³/mol. The summed E-state index contributed by atoms with van der Waals surface area (Å²) in [6.45, 7) is 9.13. The van der Waals surface area contributed by atoms with Crippen LogP contribution in [0.4, 0.5) is 8.78 Å². The average molecular weight is 1230 g/mol. The van der Waals surface area contributed by atoms with E-state index in [2.05, 4.69) is 78.3 Å². The maximum atomic E-state index is 19.6. The van der Waals surface area contributed by atoms with Crippen LogP contribution >= 0.6 is 62.0 Å². The smallest absolute Gasteiger partial charge is 0.136 e. The van der Waals surface area contributed by atoms with Crippen molar-refractivity contribution in [3.8, 4) is 22.3 Å². The molecule has 0 aliphatic heterocycles. The van der Waals surface area contributed by atoms with Crippen LogP contribution in [0.1, 0.15) is 307 Å². The Morgan fingerprint density at radius 2 is 0.649 bits per heavy atom. The molecule has 0 unspecified atom stereocenters. The van der Waals surface area contributed by atoms with E-state index in [0.29, 0.717) is 22.3 Å². The lowest BCUT2D eigenvalue weighted by Crippen LogP contribution is -2.29. The molecular weight excluding hydrogens is 1130 g/mol. The molecule has 0 saturated heterocycles. The van der Waals surface area contributed by atoms with Gasteiger partial charge in [-0.25, -0.2) is 8.78 Å². The van der Waals surface area contributed by atoms with Crippen LogP contribution in [0.25, 0.3) is 44.3 Å². The Bertz CT molecular complexity index is 2270. The number of unbranched alkanes of at least 4 members (excludes halogenated alkanes) is 32. The number of aromatic nitrogens is 4. The van der Waals surface area contributed by atoms with Crippen LogP contribution in [0.15, 0.2) is 16.6 Å². The van der Waals surface area contributed by atoms with Gasteiger partial charge in [-0.1, -0.05) is 259 Å². The van der Waals surface area contributed by atoms with Gasteiger partial charge in [-0.3, -0.25) is 0 Å². The molecule has 0 radical (unpaired) electrons. The molecule has 2 heterocycles. The highest BCUT2D eigenvalue weighted by atomic mass is 127. The monoisotopic (exact) mass is 1230 g/mol. The van der Waals surface area contributed by atoms with E-state index in [1.807, 2.05) is 0 Å². The first-order valence-electron chi connectivity index (χ1n) is 30.8. The van der Waals surface area contributed by atoms with Gasteiger partial charge in [0.2, 0.25) is 0 Å². The van der Waals surface area contributed by atoms with Crippen LogP contribution in [-0.2, 0) is 10.8 Å². The fourth-order valence-electron chi connectivity index (χ4n) is 13.6. The molecular formula is C64H94BrF2IN4S2. The molecule has 2 aromatic heterocycles. The highest BCUT2D eigenvalue weighted by Crippen LogP contribution is 2.65. The van der Waals surface area contributed by atoms with Crippen molar-refractivity contribution in [1.29, 1.82) is 0 Å². The van der Waals surface area contributed by atoms with Crippen molar-refractivity contribution in [1.82, 2.24) is 17.5 Å². The zero-order valence-corrected chi connectivity index (χ0v) is 51.9. The first-order valence-corrected chi connectivity index (χ1v) is 34.1. The third-order valence-corrected chi connectivity index (χ3v) is 20.2. The van der Waals surface area contributed by atoms with E-state index in [0.717, 1.165) is 129 Å². The second kappa shape index (κ2) is 31.2. The first kappa shape index (κ1) is 60.0. The van der Waals surface area contributed by atoms with E-state index in [1.54, 1.807) is 0 Å². The van der Waals surface area contributed by atoms with Crippen molar-refractivity contribution < 1.29 is 8.78 Å². The Kier molecular flexibility index (Phi) is 25.3. The van der Waals surface area contributed by atoms with Gasteiger partial charge >= 0.3 is 0 Å². The average Bonchev–Trinajstić information content (AvgIpc) is 4.28. The second-order valence-corrected chi connectivity index (χ2v) is 26.2. The number of nitrogens with zero attached hydrogens (tertiary/aromatic N) is 4. The minimum absolute atomic E-state index is 0.204. The third-order valence-electron chi connectivity index (χ3n) is 17.7. The van der Waals surface area contributed by atoms with E-state index in [-0.39, 0.29) is 11.6 Å². The molecule has 3 aromatic carbocycles. The van der Waals surface area contributed by atoms with Crippen molar-refractivity contribution in [2.45, 2.75) is 295 Å². The van der Waals surface area contributed by atoms with Crippen molar-refractivity contribution in [3.05, 3.63) is 54.1 Å². The Labute approximate surface area is 478 Å². The minimum Gasteiger partial charge on any atom is -0.206 e. The van der Waals surface area contributed by atoms with Gasteiger partial charge in [0.25, 0.3) is 0 Å². The fourth-order valence-corrected chi connectivity index (χ4v) is 16.2. The molecule has 5 aromatic rings. The van der Waals surface area contributed by atoms with Gasteiger partial charge in [-0.05, 0) is 87.5 Å². The summed E-state index contributed by atoms with van der Waals surface area (Å²) in [5, 5.41) is 0. The zero-order chi connectivity index (χ0) is 52.2. The lowest BCUT2D eigenvalue weighted by Gasteiger charge is -2.35. The third kappa shape index (κ3) is 14.2. The molecule has 10 heteroatoms. The van der Waals surface area contributed by atoms with E-state index in [4.69, 9.17) is 17.5 Å². The molecule has 7 rings (SSSR count). The molecule has 0 spiro atoms. The number of rotatable bonds is 40. The summed E-state index contributed by atoms with van der Waals surface area (Å²) < 4.78 is 60.8. The van der Waals surface area contributed by atoms with Crippen LogP contribution in [0.2, 0.25) is 0 Å². The molecule has 410 valence electrons. The SMILES string of the molecule is CCCCCCCCCCCC1(CCCCCCCCCCC)c2cc(Br)c3nsnc3c2-c2c(F)c3c(c(F)c21)-c1c(cc(I)c2nsnc12)C3(CCCCCCCCCCC)CCCCCCCCCCC. The molecule has 74 heavy (non-hydrogen) atoms. The van der Waals surface area contributed by atoms with Crippen molar-refractivity contribution in [2.75, 3.05) is 0 Å². The molecule has 0 saturated carbocycles. The highest BCUT2D eigenvalue weighted by Gasteiger charge is 2.54. The highest BCUT2D eigenvalue weighted by molar-refractivity contribution is 14.1. The molecule has 0 fully saturated rings. The maximum Gasteiger partial charge on any atom is 0.136 e. The molecule has 4 nitrogen and oxygen atoms in total. The topological polar surface area (TPSA) is 51.6 Å². The summed E-state index contributed by atoms with van der Waals surface area (Å²) in [5.41, 5.74) is 7.66. The van der Waals surface area contributed by atoms with Gasteiger partial charge in [-0.2, -0.15) is 17.5 Å². The Morgan fingerprint density at radius 1 is 0.378 bits per heavy atom. The Balaban J connectivity index is 1.34. The van der Waals surface area contributed by atoms with Crippen molar-refractivity contribution in [3.63, 3.8) is 0 Å². The molecule has 2 aliphatic rings. The van der Waals surface area contributed by atoms with Gasteiger partial charge in [0.1, 0.15) is 33.7 Å². The summed E-state index contributed by atoms with van der Waals surface area (Å²) in [5.74, 6) is -0.408. The summed E-state index contributed by atoms with van der Waals surface area (Å²) >= 11 is 8.80. The zero-order valence-electron chi connectivity index (χ0n) is 46.6. The van der Waals surface area contributed by atoms with Crippen LogP contribution in [0.5, 0.6) is 0 Å². The van der Waals surface area contributed by atoms with Gasteiger partial charge in [-0.15, -0.1) is 0 Å². The van der Waals surface area contributed by atoms with Crippen molar-refractivity contribution >= 4 is 84.0 Å². The lowest BCUT2D eigenvalue weighted by atomic mass is 9.68. The number of fused-ring (bicyclic) bond motifs is 10. The lowest BCUT2D eigenvalue weighted by molar-refractivity contribution is 0.374. The summed E-state index contributed by atoms with van der Waals surface area (Å²) in [7, 11) is 0. The van der Waals surface area contributed by atoms with Crippen LogP contribution in [-0.4, -0.2) is 17.5 Å². The van der Waals surface area contributed by atoms with E-state index >= 15 is 8.78 Å². The number of benzene rings is 3. The normalized spacial score (nSPS) is 14.2. The summed E-state index contributed by atoms with van der Waals surface area (Å²) in [6, 6.07) is 4.51. The van der Waals surface area contributed by atoms with E-state index < -0.39 is 10.8 Å².